The van der Waals surface area contributed by atoms with E-state index >= 15 is 0 Å². The average Bonchev–Trinajstić information content (AvgIpc) is 3.07. The number of anilines is 2. The second-order valence-electron chi connectivity index (χ2n) is 11.1. The standard InChI is InChI=1S/C19H21NO.C13H11NO.C6H10O/c21-19(15-9-3-1-4-10-15)17-13-7-8-14-18(17)20-16-11-5-2-6-12-16;14-12-9-5-4-8-11(12)13(15)10-6-2-1-3-7-10;7-6-4-2-1-3-5-6/h1,3-4,7-10,13-14,16,20H,2,5-6,11-12H2;1-9H,14H2;1-5H2. The second kappa shape index (κ2) is 16.8. The maximum absolute atomic E-state index is 12.7. The van der Waals surface area contributed by atoms with Crippen LogP contribution in [0.5, 0.6) is 0 Å². The van der Waals surface area contributed by atoms with Crippen molar-refractivity contribution in [1.29, 1.82) is 0 Å². The van der Waals surface area contributed by atoms with Crippen LogP contribution in [-0.4, -0.2) is 23.4 Å². The summed E-state index contributed by atoms with van der Waals surface area (Å²) in [5, 5.41) is 3.58. The third kappa shape index (κ3) is 9.78. The molecule has 3 N–H and O–H groups in total. The smallest absolute Gasteiger partial charge is 0.195 e. The summed E-state index contributed by atoms with van der Waals surface area (Å²) in [6.45, 7) is 0. The topological polar surface area (TPSA) is 89.3 Å². The van der Waals surface area contributed by atoms with Gasteiger partial charge in [-0.25, -0.2) is 0 Å². The number of carbonyl (C=O) groups excluding carboxylic acids is 3. The predicted octanol–water partition coefficient (Wildman–Crippen LogP) is 8.68. The van der Waals surface area contributed by atoms with Gasteiger partial charge < -0.3 is 11.1 Å². The molecule has 0 amide bonds. The summed E-state index contributed by atoms with van der Waals surface area (Å²) in [6.07, 6.45) is 11.5. The number of hydrogen-bond donors (Lipinski definition) is 2. The van der Waals surface area contributed by atoms with Crippen molar-refractivity contribution < 1.29 is 14.4 Å². The van der Waals surface area contributed by atoms with Gasteiger partial charge in [0, 0.05) is 52.5 Å². The average molecular weight is 575 g/mol. The molecule has 0 bridgehead atoms. The van der Waals surface area contributed by atoms with Crippen molar-refractivity contribution in [3.05, 3.63) is 131 Å². The van der Waals surface area contributed by atoms with Crippen LogP contribution < -0.4 is 11.1 Å². The Bertz CT molecular complexity index is 1450. The molecule has 2 aliphatic carbocycles. The van der Waals surface area contributed by atoms with E-state index in [0.717, 1.165) is 42.5 Å². The highest BCUT2D eigenvalue weighted by Gasteiger charge is 2.17. The minimum Gasteiger partial charge on any atom is -0.398 e. The highest BCUT2D eigenvalue weighted by atomic mass is 16.1. The molecule has 0 heterocycles. The minimum atomic E-state index is -0.0336. The fourth-order valence-corrected chi connectivity index (χ4v) is 5.41. The molecule has 0 radical (unpaired) electrons. The van der Waals surface area contributed by atoms with E-state index in [1.165, 1.54) is 38.5 Å². The summed E-state index contributed by atoms with van der Waals surface area (Å²) >= 11 is 0. The third-order valence-corrected chi connectivity index (χ3v) is 7.83. The maximum atomic E-state index is 12.7. The van der Waals surface area contributed by atoms with Gasteiger partial charge in [-0.15, -0.1) is 0 Å². The van der Waals surface area contributed by atoms with Gasteiger partial charge in [-0.2, -0.15) is 0 Å². The number of carbonyl (C=O) groups is 3. The lowest BCUT2D eigenvalue weighted by Crippen LogP contribution is -2.23. The van der Waals surface area contributed by atoms with Gasteiger partial charge in [-0.1, -0.05) is 111 Å². The summed E-state index contributed by atoms with van der Waals surface area (Å²) in [6, 6.07) is 34.1. The number of para-hydroxylation sites is 2. The quantitative estimate of drug-likeness (QED) is 0.178. The first kappa shape index (κ1) is 31.4. The Hall–Kier alpha value is -4.51. The Labute approximate surface area is 255 Å². The Balaban J connectivity index is 0.000000167. The van der Waals surface area contributed by atoms with Crippen molar-refractivity contribution in [3.63, 3.8) is 0 Å². The predicted molar refractivity (Wildman–Crippen MR) is 176 cm³/mol. The molecule has 222 valence electrons. The van der Waals surface area contributed by atoms with Gasteiger partial charge in [-0.05, 0) is 49.9 Å². The second-order valence-corrected chi connectivity index (χ2v) is 11.1. The van der Waals surface area contributed by atoms with E-state index in [1.807, 2.05) is 84.9 Å². The third-order valence-electron chi connectivity index (χ3n) is 7.83. The Morgan fingerprint density at radius 2 is 1.02 bits per heavy atom. The van der Waals surface area contributed by atoms with Gasteiger partial charge in [0.1, 0.15) is 5.78 Å². The lowest BCUT2D eigenvalue weighted by molar-refractivity contribution is -0.120. The summed E-state index contributed by atoms with van der Waals surface area (Å²) in [4.78, 5) is 35.1. The highest BCUT2D eigenvalue weighted by Crippen LogP contribution is 2.25. The summed E-state index contributed by atoms with van der Waals surface area (Å²) < 4.78 is 0. The van der Waals surface area contributed by atoms with Crippen LogP contribution in [0.25, 0.3) is 0 Å². The molecule has 0 aromatic heterocycles. The van der Waals surface area contributed by atoms with E-state index in [0.29, 0.717) is 28.6 Å². The molecule has 4 aromatic rings. The molecule has 5 heteroatoms. The molecular weight excluding hydrogens is 532 g/mol. The van der Waals surface area contributed by atoms with Gasteiger partial charge in [0.15, 0.2) is 11.6 Å². The number of nitrogens with one attached hydrogen (secondary N) is 1. The summed E-state index contributed by atoms with van der Waals surface area (Å²) in [5.74, 6) is 0.523. The molecule has 0 spiro atoms. The Morgan fingerprint density at radius 3 is 1.56 bits per heavy atom. The SMILES string of the molecule is Nc1ccccc1C(=O)c1ccccc1.O=C(c1ccccc1)c1ccccc1NC1CCCCC1.O=C1CCCCC1. The van der Waals surface area contributed by atoms with Gasteiger partial charge in [0.2, 0.25) is 0 Å². The number of benzene rings is 4. The van der Waals surface area contributed by atoms with Crippen LogP contribution in [0.3, 0.4) is 0 Å². The van der Waals surface area contributed by atoms with E-state index in [4.69, 9.17) is 5.73 Å². The largest absolute Gasteiger partial charge is 0.398 e. The molecule has 0 aliphatic heterocycles. The Morgan fingerprint density at radius 1 is 0.558 bits per heavy atom. The van der Waals surface area contributed by atoms with Gasteiger partial charge >= 0.3 is 0 Å². The normalized spacial score (nSPS) is 14.7. The molecule has 43 heavy (non-hydrogen) atoms. The van der Waals surface area contributed by atoms with Crippen molar-refractivity contribution in [3.8, 4) is 0 Å². The van der Waals surface area contributed by atoms with E-state index in [1.54, 1.807) is 24.3 Å². The van der Waals surface area contributed by atoms with E-state index in [-0.39, 0.29) is 11.6 Å². The monoisotopic (exact) mass is 574 g/mol. The van der Waals surface area contributed by atoms with E-state index in [2.05, 4.69) is 5.32 Å². The first-order chi connectivity index (χ1) is 21.0. The Kier molecular flexibility index (Phi) is 12.3. The molecular formula is C38H42N2O3. The zero-order valence-electron chi connectivity index (χ0n) is 24.8. The molecule has 5 nitrogen and oxygen atoms in total. The highest BCUT2D eigenvalue weighted by molar-refractivity contribution is 6.12. The lowest BCUT2D eigenvalue weighted by Gasteiger charge is -2.25. The first-order valence-corrected chi connectivity index (χ1v) is 15.4. The van der Waals surface area contributed by atoms with Gasteiger partial charge in [0.25, 0.3) is 0 Å². The number of hydrogen-bond acceptors (Lipinski definition) is 5. The minimum absolute atomic E-state index is 0.0336. The van der Waals surface area contributed by atoms with Crippen LogP contribution in [0.1, 0.15) is 96.1 Å². The zero-order chi connectivity index (χ0) is 30.3. The van der Waals surface area contributed by atoms with Crippen LogP contribution in [0.15, 0.2) is 109 Å². The molecule has 0 atom stereocenters. The fourth-order valence-electron chi connectivity index (χ4n) is 5.41. The maximum Gasteiger partial charge on any atom is 0.195 e. The van der Waals surface area contributed by atoms with Crippen molar-refractivity contribution >= 4 is 28.7 Å². The van der Waals surface area contributed by atoms with Crippen molar-refractivity contribution in [2.24, 2.45) is 0 Å². The molecule has 0 unspecified atom stereocenters. The number of rotatable bonds is 6. The molecule has 0 saturated heterocycles. The molecule has 2 aliphatic rings. The zero-order valence-corrected chi connectivity index (χ0v) is 24.8. The molecule has 2 fully saturated rings. The van der Waals surface area contributed by atoms with Crippen molar-refractivity contribution in [2.75, 3.05) is 11.1 Å². The van der Waals surface area contributed by atoms with E-state index < -0.39 is 0 Å². The number of ketones is 3. The van der Waals surface area contributed by atoms with Gasteiger partial charge in [0.05, 0.1) is 0 Å². The number of nitrogens with two attached hydrogens (primary N) is 1. The van der Waals surface area contributed by atoms with Crippen molar-refractivity contribution in [1.82, 2.24) is 0 Å². The van der Waals surface area contributed by atoms with Gasteiger partial charge in [-0.3, -0.25) is 14.4 Å². The van der Waals surface area contributed by atoms with Crippen LogP contribution in [0.4, 0.5) is 11.4 Å². The number of Topliss-reactive ketones (excluding diaryl/α,β-unsaturated/α-hetero) is 1. The summed E-state index contributed by atoms with van der Waals surface area (Å²) in [7, 11) is 0. The van der Waals surface area contributed by atoms with Crippen LogP contribution in [0, 0.1) is 0 Å². The fraction of sp³-hybridized carbons (Fsp3) is 0.289. The number of nitrogen functional groups attached to an aromatic ring is 1. The molecule has 4 aromatic carbocycles. The van der Waals surface area contributed by atoms with E-state index in [9.17, 15) is 14.4 Å². The first-order valence-electron chi connectivity index (χ1n) is 15.4. The van der Waals surface area contributed by atoms with Crippen LogP contribution in [-0.2, 0) is 4.79 Å². The van der Waals surface area contributed by atoms with Crippen LogP contribution >= 0.6 is 0 Å². The lowest BCUT2D eigenvalue weighted by atomic mass is 9.94. The molecule has 2 saturated carbocycles. The van der Waals surface area contributed by atoms with Crippen molar-refractivity contribution in [2.45, 2.75) is 70.3 Å². The summed E-state index contributed by atoms with van der Waals surface area (Å²) in [5.41, 5.74) is 9.97. The van der Waals surface area contributed by atoms with Crippen LogP contribution in [0.2, 0.25) is 0 Å². The molecule has 6 rings (SSSR count).